The lowest BCUT2D eigenvalue weighted by atomic mass is 9.83. The average Bonchev–Trinajstić information content (AvgIpc) is 2.83. The van der Waals surface area contributed by atoms with Crippen molar-refractivity contribution < 1.29 is 18.0 Å². The fourth-order valence-electron chi connectivity index (χ4n) is 3.60. The molecule has 110 valence electrons. The predicted octanol–water partition coefficient (Wildman–Crippen LogP) is 2.16. The number of rotatable bonds is 3. The van der Waals surface area contributed by atoms with Crippen molar-refractivity contribution >= 4 is 5.91 Å². The molecule has 0 spiro atoms. The third kappa shape index (κ3) is 2.88. The van der Waals surface area contributed by atoms with Gasteiger partial charge in [-0.15, -0.1) is 0 Å². The molecule has 2 N–H and O–H groups in total. The van der Waals surface area contributed by atoms with Crippen LogP contribution in [0, 0.1) is 17.8 Å². The average molecular weight is 278 g/mol. The second kappa shape index (κ2) is 4.96. The van der Waals surface area contributed by atoms with Crippen molar-refractivity contribution in [2.24, 2.45) is 23.5 Å². The van der Waals surface area contributed by atoms with Gasteiger partial charge in [-0.1, -0.05) is 0 Å². The molecule has 0 aromatic heterocycles. The van der Waals surface area contributed by atoms with E-state index >= 15 is 0 Å². The molecule has 4 atom stereocenters. The molecule has 0 aromatic carbocycles. The van der Waals surface area contributed by atoms with Crippen LogP contribution in [0.1, 0.15) is 33.1 Å². The number of alkyl halides is 3. The number of carbonyl (C=O) groups is 1. The molecule has 2 rings (SSSR count). The SMILES string of the molecule is CC(C)N(CC(F)(F)F)C(=O)C1C2CCC(C2)C1N. The molecule has 2 aliphatic rings. The zero-order chi connectivity index (χ0) is 14.4. The van der Waals surface area contributed by atoms with Gasteiger partial charge in [0.1, 0.15) is 6.54 Å². The van der Waals surface area contributed by atoms with Gasteiger partial charge in [-0.3, -0.25) is 4.79 Å². The molecule has 2 bridgehead atoms. The maximum absolute atomic E-state index is 12.6. The first kappa shape index (κ1) is 14.6. The van der Waals surface area contributed by atoms with Crippen LogP contribution in [-0.4, -0.2) is 35.6 Å². The van der Waals surface area contributed by atoms with Gasteiger partial charge in [0.15, 0.2) is 0 Å². The summed E-state index contributed by atoms with van der Waals surface area (Å²) in [5.74, 6) is -0.323. The van der Waals surface area contributed by atoms with Crippen LogP contribution in [-0.2, 0) is 4.79 Å². The number of carbonyl (C=O) groups excluding carboxylic acids is 1. The standard InChI is InChI=1S/C13H21F3N2O/c1-7(2)18(6-13(14,15)16)12(19)10-8-3-4-9(5-8)11(10)17/h7-11H,3-6,17H2,1-2H3. The first-order valence-electron chi connectivity index (χ1n) is 6.83. The van der Waals surface area contributed by atoms with Gasteiger partial charge < -0.3 is 10.6 Å². The molecule has 6 heteroatoms. The Hall–Kier alpha value is -0.780. The van der Waals surface area contributed by atoms with E-state index < -0.39 is 30.6 Å². The van der Waals surface area contributed by atoms with Crippen LogP contribution in [0.3, 0.4) is 0 Å². The minimum absolute atomic E-state index is 0.182. The Balaban J connectivity index is 2.12. The highest BCUT2D eigenvalue weighted by Crippen LogP contribution is 2.48. The van der Waals surface area contributed by atoms with Crippen molar-refractivity contribution in [3.8, 4) is 0 Å². The number of halogens is 3. The van der Waals surface area contributed by atoms with E-state index in [4.69, 9.17) is 5.73 Å². The van der Waals surface area contributed by atoms with E-state index in [1.165, 1.54) is 0 Å². The third-order valence-electron chi connectivity index (χ3n) is 4.52. The van der Waals surface area contributed by atoms with Crippen LogP contribution in [0.4, 0.5) is 13.2 Å². The molecule has 2 aliphatic carbocycles. The van der Waals surface area contributed by atoms with Crippen LogP contribution in [0.2, 0.25) is 0 Å². The quantitative estimate of drug-likeness (QED) is 0.860. The summed E-state index contributed by atoms with van der Waals surface area (Å²) in [5, 5.41) is 0. The van der Waals surface area contributed by atoms with Crippen LogP contribution in [0.15, 0.2) is 0 Å². The Morgan fingerprint density at radius 3 is 2.32 bits per heavy atom. The Morgan fingerprint density at radius 1 is 1.32 bits per heavy atom. The fraction of sp³-hybridized carbons (Fsp3) is 0.923. The van der Waals surface area contributed by atoms with Gasteiger partial charge in [0.2, 0.25) is 5.91 Å². The Morgan fingerprint density at radius 2 is 1.89 bits per heavy atom. The van der Waals surface area contributed by atoms with E-state index in [1.54, 1.807) is 13.8 Å². The predicted molar refractivity (Wildman–Crippen MR) is 65.2 cm³/mol. The van der Waals surface area contributed by atoms with Gasteiger partial charge in [-0.05, 0) is 44.9 Å². The highest BCUT2D eigenvalue weighted by Gasteiger charge is 2.51. The summed E-state index contributed by atoms with van der Waals surface area (Å²) in [4.78, 5) is 13.3. The fourth-order valence-corrected chi connectivity index (χ4v) is 3.60. The van der Waals surface area contributed by atoms with Crippen LogP contribution in [0.5, 0.6) is 0 Å². The largest absolute Gasteiger partial charge is 0.406 e. The Bertz CT molecular complexity index is 354. The van der Waals surface area contributed by atoms with Crippen LogP contribution < -0.4 is 5.73 Å². The zero-order valence-electron chi connectivity index (χ0n) is 11.3. The first-order chi connectivity index (χ1) is 8.70. The van der Waals surface area contributed by atoms with Crippen molar-refractivity contribution in [1.82, 2.24) is 4.90 Å². The van der Waals surface area contributed by atoms with Crippen LogP contribution in [0.25, 0.3) is 0 Å². The lowest BCUT2D eigenvalue weighted by molar-refractivity contribution is -0.168. The summed E-state index contributed by atoms with van der Waals surface area (Å²) >= 11 is 0. The van der Waals surface area contributed by atoms with Crippen molar-refractivity contribution in [1.29, 1.82) is 0 Å². The minimum Gasteiger partial charge on any atom is -0.331 e. The summed E-state index contributed by atoms with van der Waals surface area (Å²) in [6.07, 6.45) is -1.53. The summed E-state index contributed by atoms with van der Waals surface area (Å²) in [5.41, 5.74) is 6.04. The molecule has 2 saturated carbocycles. The molecule has 1 amide bonds. The monoisotopic (exact) mass is 278 g/mol. The molecular weight excluding hydrogens is 257 g/mol. The smallest absolute Gasteiger partial charge is 0.331 e. The highest BCUT2D eigenvalue weighted by molar-refractivity contribution is 5.81. The molecule has 0 aliphatic heterocycles. The minimum atomic E-state index is -4.36. The molecule has 0 heterocycles. The molecule has 0 radical (unpaired) electrons. The van der Waals surface area contributed by atoms with Gasteiger partial charge in [0.25, 0.3) is 0 Å². The van der Waals surface area contributed by atoms with Crippen molar-refractivity contribution in [2.45, 2.75) is 51.4 Å². The number of fused-ring (bicyclic) bond motifs is 2. The second-order valence-electron chi connectivity index (χ2n) is 6.11. The molecule has 2 fully saturated rings. The zero-order valence-corrected chi connectivity index (χ0v) is 11.3. The van der Waals surface area contributed by atoms with Crippen molar-refractivity contribution in [2.75, 3.05) is 6.54 Å². The second-order valence-corrected chi connectivity index (χ2v) is 6.11. The number of hydrogen-bond donors (Lipinski definition) is 1. The third-order valence-corrected chi connectivity index (χ3v) is 4.52. The molecule has 19 heavy (non-hydrogen) atoms. The molecule has 0 saturated heterocycles. The van der Waals surface area contributed by atoms with Crippen molar-refractivity contribution in [3.05, 3.63) is 0 Å². The van der Waals surface area contributed by atoms with Gasteiger partial charge in [0, 0.05) is 12.1 Å². The molecule has 3 nitrogen and oxygen atoms in total. The lowest BCUT2D eigenvalue weighted by Crippen LogP contribution is -2.51. The maximum Gasteiger partial charge on any atom is 0.406 e. The van der Waals surface area contributed by atoms with E-state index in [2.05, 4.69) is 0 Å². The van der Waals surface area contributed by atoms with Gasteiger partial charge >= 0.3 is 6.18 Å². The number of amides is 1. The number of hydrogen-bond acceptors (Lipinski definition) is 2. The van der Waals surface area contributed by atoms with E-state index in [0.717, 1.165) is 24.2 Å². The number of nitrogens with two attached hydrogens (primary N) is 1. The lowest BCUT2D eigenvalue weighted by Gasteiger charge is -2.35. The summed E-state index contributed by atoms with van der Waals surface area (Å²) < 4.78 is 37.7. The van der Waals surface area contributed by atoms with Crippen molar-refractivity contribution in [3.63, 3.8) is 0 Å². The first-order valence-corrected chi connectivity index (χ1v) is 6.83. The Labute approximate surface area is 111 Å². The highest BCUT2D eigenvalue weighted by atomic mass is 19.4. The van der Waals surface area contributed by atoms with Gasteiger partial charge in [-0.2, -0.15) is 13.2 Å². The summed E-state index contributed by atoms with van der Waals surface area (Å²) in [7, 11) is 0. The maximum atomic E-state index is 12.6. The Kier molecular flexibility index (Phi) is 3.82. The van der Waals surface area contributed by atoms with E-state index in [1.807, 2.05) is 0 Å². The molecular formula is C13H21F3N2O. The summed E-state index contributed by atoms with van der Waals surface area (Å²) in [6.45, 7) is 2.05. The van der Waals surface area contributed by atoms with E-state index in [0.29, 0.717) is 5.92 Å². The molecule has 4 unspecified atom stereocenters. The normalized spacial score (nSPS) is 34.1. The summed E-state index contributed by atoms with van der Waals surface area (Å²) in [6, 6.07) is -0.721. The van der Waals surface area contributed by atoms with E-state index in [-0.39, 0.29) is 12.0 Å². The van der Waals surface area contributed by atoms with E-state index in [9.17, 15) is 18.0 Å². The molecule has 0 aromatic rings. The van der Waals surface area contributed by atoms with Gasteiger partial charge in [0.05, 0.1) is 5.92 Å². The topological polar surface area (TPSA) is 46.3 Å². The number of nitrogens with zero attached hydrogens (tertiary/aromatic N) is 1. The van der Waals surface area contributed by atoms with Crippen LogP contribution >= 0.6 is 0 Å². The van der Waals surface area contributed by atoms with Gasteiger partial charge in [-0.25, -0.2) is 0 Å².